The zero-order valence-corrected chi connectivity index (χ0v) is 12.4. The van der Waals surface area contributed by atoms with Crippen LogP contribution in [0.4, 0.5) is 0 Å². The van der Waals surface area contributed by atoms with Gasteiger partial charge >= 0.3 is 0 Å². The van der Waals surface area contributed by atoms with Crippen molar-refractivity contribution in [3.8, 4) is 0 Å². The van der Waals surface area contributed by atoms with E-state index in [0.717, 1.165) is 39.3 Å². The molecule has 0 aromatic carbocycles. The maximum absolute atomic E-state index is 5.35. The van der Waals surface area contributed by atoms with Gasteiger partial charge in [0, 0.05) is 13.7 Å². The van der Waals surface area contributed by atoms with E-state index in [2.05, 4.69) is 19.2 Å². The summed E-state index contributed by atoms with van der Waals surface area (Å²) < 4.78 is 15.4. The number of nitrogens with one attached hydrogen (secondary N) is 1. The summed E-state index contributed by atoms with van der Waals surface area (Å²) in [5, 5.41) is 3.11. The van der Waals surface area contributed by atoms with E-state index in [0.29, 0.717) is 6.10 Å². The van der Waals surface area contributed by atoms with Crippen LogP contribution in [0.15, 0.2) is 0 Å². The van der Waals surface area contributed by atoms with E-state index in [-0.39, 0.29) is 9.76 Å². The number of hydrogen-bond acceptors (Lipinski definition) is 4. The fourth-order valence-electron chi connectivity index (χ4n) is 1.08. The Labute approximate surface area is 102 Å². The van der Waals surface area contributed by atoms with Gasteiger partial charge in [-0.3, -0.25) is 0 Å². The van der Waals surface area contributed by atoms with Gasteiger partial charge in [0.2, 0.25) is 0 Å². The first-order valence-corrected chi connectivity index (χ1v) is 7.81. The molecule has 0 aromatic heterocycles. The molecule has 0 saturated carbocycles. The molecule has 5 heteroatoms. The van der Waals surface area contributed by atoms with Gasteiger partial charge in [-0.2, -0.15) is 0 Å². The molecule has 0 spiro atoms. The highest BCUT2D eigenvalue weighted by Crippen LogP contribution is 2.08. The Bertz CT molecular complexity index is 132. The number of hydrogen-bond donors (Lipinski definition) is 1. The zero-order valence-electron chi connectivity index (χ0n) is 11.0. The van der Waals surface area contributed by atoms with Crippen LogP contribution in [0.1, 0.15) is 20.3 Å². The molecule has 4 nitrogen and oxygen atoms in total. The van der Waals surface area contributed by atoms with E-state index in [9.17, 15) is 0 Å². The lowest BCUT2D eigenvalue weighted by Crippen LogP contribution is -2.09. The van der Waals surface area contributed by atoms with Crippen LogP contribution in [0.3, 0.4) is 0 Å². The molecule has 0 bridgehead atoms. The highest BCUT2D eigenvalue weighted by Gasteiger charge is 2.21. The zero-order chi connectivity index (χ0) is 12.1. The predicted molar refractivity (Wildman–Crippen MR) is 69.8 cm³/mol. The second kappa shape index (κ2) is 13.1. The van der Waals surface area contributed by atoms with Crippen molar-refractivity contribution < 1.29 is 13.9 Å². The van der Waals surface area contributed by atoms with Crippen LogP contribution in [-0.4, -0.2) is 55.9 Å². The summed E-state index contributed by atoms with van der Waals surface area (Å²) in [6.45, 7) is 8.94. The molecule has 0 aromatic rings. The maximum Gasteiger partial charge on any atom is 0.161 e. The predicted octanol–water partition coefficient (Wildman–Crippen LogP) is 0.556. The monoisotopic (exact) mass is 249 g/mol. The molecule has 1 unspecified atom stereocenters. The summed E-state index contributed by atoms with van der Waals surface area (Å²) in [5.74, 6) is 0. The van der Waals surface area contributed by atoms with Crippen LogP contribution in [0.5, 0.6) is 0 Å². The molecule has 1 N–H and O–H groups in total. The van der Waals surface area contributed by atoms with Crippen molar-refractivity contribution in [3.63, 3.8) is 0 Å². The Balaban J connectivity index is 0.000000385. The molecule has 16 heavy (non-hydrogen) atoms. The second-order valence-electron chi connectivity index (χ2n) is 3.69. The molecule has 0 radical (unpaired) electrons. The van der Waals surface area contributed by atoms with E-state index in [4.69, 9.17) is 13.9 Å². The van der Waals surface area contributed by atoms with Crippen LogP contribution in [-0.2, 0) is 13.9 Å². The molecule has 98 valence electrons. The summed E-state index contributed by atoms with van der Waals surface area (Å²) in [4.78, 5) is 0. The largest absolute Gasteiger partial charge is 0.427 e. The Kier molecular flexibility index (Phi) is 13.2. The molecule has 1 atom stereocenters. The van der Waals surface area contributed by atoms with Gasteiger partial charge in [-0.1, -0.05) is 13.8 Å². The maximum atomic E-state index is 5.35. The van der Waals surface area contributed by atoms with Crippen molar-refractivity contribution >= 4 is 9.76 Å². The third kappa shape index (κ3) is 14.1. The normalized spacial score (nSPS) is 18.6. The van der Waals surface area contributed by atoms with Crippen LogP contribution >= 0.6 is 0 Å². The average Bonchev–Trinajstić information content (AvgIpc) is 3.09. The van der Waals surface area contributed by atoms with E-state index in [1.165, 1.54) is 6.04 Å². The second-order valence-corrected chi connectivity index (χ2v) is 5.38. The Morgan fingerprint density at radius 3 is 2.50 bits per heavy atom. The molecule has 1 saturated heterocycles. The van der Waals surface area contributed by atoms with E-state index < -0.39 is 0 Å². The Hall–Kier alpha value is 0.0569. The molecule has 1 fully saturated rings. The number of rotatable bonds is 9. The van der Waals surface area contributed by atoms with Crippen molar-refractivity contribution in [2.45, 2.75) is 32.4 Å². The van der Waals surface area contributed by atoms with Crippen molar-refractivity contribution in [3.05, 3.63) is 0 Å². The first-order valence-electron chi connectivity index (χ1n) is 6.24. The molecular formula is C11H27NO3Si. The van der Waals surface area contributed by atoms with E-state index in [1.54, 1.807) is 7.11 Å². The quantitative estimate of drug-likeness (QED) is 0.368. The molecule has 1 heterocycles. The lowest BCUT2D eigenvalue weighted by molar-refractivity contribution is 0.117. The van der Waals surface area contributed by atoms with Gasteiger partial charge in [-0.05, 0) is 25.6 Å². The van der Waals surface area contributed by atoms with Gasteiger partial charge in [0.1, 0.15) is 6.10 Å². The third-order valence-corrected chi connectivity index (χ3v) is 3.29. The van der Waals surface area contributed by atoms with Crippen molar-refractivity contribution in [1.29, 1.82) is 0 Å². The first-order chi connectivity index (χ1) is 7.85. The van der Waals surface area contributed by atoms with Gasteiger partial charge in [0.15, 0.2) is 9.76 Å². The highest BCUT2D eigenvalue weighted by atomic mass is 28.2. The smallest absolute Gasteiger partial charge is 0.161 e. The molecule has 1 aliphatic heterocycles. The summed E-state index contributed by atoms with van der Waals surface area (Å²) in [6.07, 6.45) is 1.56. The lowest BCUT2D eigenvalue weighted by Gasteiger charge is -2.00. The van der Waals surface area contributed by atoms with Crippen LogP contribution in [0.2, 0.25) is 6.04 Å². The van der Waals surface area contributed by atoms with Crippen LogP contribution in [0, 0.1) is 0 Å². The van der Waals surface area contributed by atoms with Crippen molar-refractivity contribution in [2.24, 2.45) is 0 Å². The summed E-state index contributed by atoms with van der Waals surface area (Å²) in [6, 6.07) is 1.22. The van der Waals surface area contributed by atoms with Gasteiger partial charge in [-0.15, -0.1) is 0 Å². The first kappa shape index (κ1) is 16.1. The molecule has 1 aliphatic rings. The lowest BCUT2D eigenvalue weighted by atomic mass is 10.5. The van der Waals surface area contributed by atoms with Gasteiger partial charge in [-0.25, -0.2) is 0 Å². The van der Waals surface area contributed by atoms with Crippen LogP contribution < -0.4 is 5.32 Å². The van der Waals surface area contributed by atoms with Gasteiger partial charge < -0.3 is 19.2 Å². The summed E-state index contributed by atoms with van der Waals surface area (Å²) in [7, 11) is 1.56. The molecule has 0 aliphatic carbocycles. The third-order valence-electron chi connectivity index (χ3n) is 2.09. The highest BCUT2D eigenvalue weighted by molar-refractivity contribution is 6.26. The molecule has 1 rings (SSSR count). The molecule has 0 amide bonds. The summed E-state index contributed by atoms with van der Waals surface area (Å²) >= 11 is 0. The SMILES string of the molecule is CCNCC.CO[SiH2]CCCOCC1CO1. The average molecular weight is 249 g/mol. The van der Waals surface area contributed by atoms with E-state index in [1.807, 2.05) is 0 Å². The van der Waals surface area contributed by atoms with Crippen LogP contribution in [0.25, 0.3) is 0 Å². The minimum absolute atomic E-state index is 0.221. The standard InChI is InChI=1S/C7H16O3Si.C4H11N/c1-8-11-4-2-3-9-5-7-6-10-7;1-3-5-4-2/h7H,2-6,11H2,1H3;5H,3-4H2,1-2H3. The van der Waals surface area contributed by atoms with E-state index >= 15 is 0 Å². The van der Waals surface area contributed by atoms with Gasteiger partial charge in [0.05, 0.1) is 13.2 Å². The Morgan fingerprint density at radius 1 is 1.38 bits per heavy atom. The minimum atomic E-state index is -0.221. The Morgan fingerprint density at radius 2 is 2.06 bits per heavy atom. The van der Waals surface area contributed by atoms with Crippen molar-refractivity contribution in [2.75, 3.05) is 40.0 Å². The fraction of sp³-hybridized carbons (Fsp3) is 1.00. The number of ether oxygens (including phenoxy) is 2. The molecular weight excluding hydrogens is 222 g/mol. The number of epoxide rings is 1. The van der Waals surface area contributed by atoms with Crippen molar-refractivity contribution in [1.82, 2.24) is 5.32 Å². The van der Waals surface area contributed by atoms with Gasteiger partial charge in [0.25, 0.3) is 0 Å². The summed E-state index contributed by atoms with van der Waals surface area (Å²) in [5.41, 5.74) is 0. The fourth-order valence-corrected chi connectivity index (χ4v) is 1.78. The minimum Gasteiger partial charge on any atom is -0.427 e. The topological polar surface area (TPSA) is 43.0 Å².